The molecule has 0 spiro atoms. The molecule has 0 aliphatic heterocycles. The normalized spacial score (nSPS) is 15.3. The maximum atomic E-state index is 12.0. The molecule has 5 heteroatoms. The third kappa shape index (κ3) is 3.92. The fraction of sp³-hybridized carbons (Fsp3) is 0.312. The van der Waals surface area contributed by atoms with Crippen molar-refractivity contribution in [2.24, 2.45) is 0 Å². The first kappa shape index (κ1) is 14.7. The zero-order chi connectivity index (χ0) is 14.7. The van der Waals surface area contributed by atoms with Gasteiger partial charge in [0.05, 0.1) is 0 Å². The minimum Gasteiger partial charge on any atom is -0.444 e. The molecule has 1 heterocycles. The molecular formula is C16H16BrNO2S. The second kappa shape index (κ2) is 6.71. The van der Waals surface area contributed by atoms with Gasteiger partial charge in [-0.05, 0) is 65.2 Å². The Morgan fingerprint density at radius 2 is 1.86 bits per heavy atom. The number of furan rings is 1. The number of amides is 1. The summed E-state index contributed by atoms with van der Waals surface area (Å²) in [6, 6.07) is 11.4. The summed E-state index contributed by atoms with van der Waals surface area (Å²) < 4.78 is 5.78. The molecule has 1 aromatic heterocycles. The first-order valence-corrected chi connectivity index (χ1v) is 8.71. The predicted molar refractivity (Wildman–Crippen MR) is 88.9 cm³/mol. The number of carbonyl (C=O) groups is 1. The van der Waals surface area contributed by atoms with Crippen molar-refractivity contribution in [3.63, 3.8) is 0 Å². The van der Waals surface area contributed by atoms with Crippen molar-refractivity contribution in [1.29, 1.82) is 0 Å². The number of halogens is 1. The summed E-state index contributed by atoms with van der Waals surface area (Å²) in [5.41, 5.74) is 0.781. The number of hydrogen-bond acceptors (Lipinski definition) is 3. The lowest BCUT2D eigenvalue weighted by Gasteiger charge is -2.09. The van der Waals surface area contributed by atoms with E-state index in [1.807, 2.05) is 23.9 Å². The summed E-state index contributed by atoms with van der Waals surface area (Å²) in [6.07, 6.45) is 5.34. The number of rotatable bonds is 4. The summed E-state index contributed by atoms with van der Waals surface area (Å²) in [5.74, 6) is 0.0585. The molecule has 1 amide bonds. The molecule has 1 N–H and O–H groups in total. The van der Waals surface area contributed by atoms with Crippen molar-refractivity contribution in [3.8, 4) is 0 Å². The van der Waals surface area contributed by atoms with Gasteiger partial charge < -0.3 is 9.73 Å². The molecule has 1 aliphatic rings. The Labute approximate surface area is 136 Å². The molecule has 0 radical (unpaired) electrons. The van der Waals surface area contributed by atoms with E-state index in [0.717, 1.165) is 10.9 Å². The molecule has 0 unspecified atom stereocenters. The van der Waals surface area contributed by atoms with Gasteiger partial charge in [-0.25, -0.2) is 0 Å². The molecule has 21 heavy (non-hydrogen) atoms. The fourth-order valence-corrected chi connectivity index (χ4v) is 4.00. The molecule has 1 saturated carbocycles. The number of anilines is 1. The molecular weight excluding hydrogens is 350 g/mol. The van der Waals surface area contributed by atoms with Crippen molar-refractivity contribution in [3.05, 3.63) is 46.8 Å². The van der Waals surface area contributed by atoms with Crippen LogP contribution in [0.15, 0.2) is 50.4 Å². The van der Waals surface area contributed by atoms with Crippen molar-refractivity contribution >= 4 is 39.3 Å². The maximum absolute atomic E-state index is 12.0. The standard InChI is InChI=1S/C16H16BrNO2S/c17-15-10-9-14(20-15)16(19)18-11-5-7-13(8-6-11)21-12-3-1-2-4-12/h5-10,12H,1-4H2,(H,18,19). The third-order valence-electron chi connectivity index (χ3n) is 3.51. The molecule has 0 atom stereocenters. The van der Waals surface area contributed by atoms with E-state index >= 15 is 0 Å². The number of thioether (sulfide) groups is 1. The monoisotopic (exact) mass is 365 g/mol. The van der Waals surface area contributed by atoms with Gasteiger partial charge in [0.1, 0.15) is 0 Å². The van der Waals surface area contributed by atoms with Crippen molar-refractivity contribution in [2.45, 2.75) is 35.8 Å². The molecule has 1 fully saturated rings. The van der Waals surface area contributed by atoms with Gasteiger partial charge in [0, 0.05) is 15.8 Å². The van der Waals surface area contributed by atoms with Crippen LogP contribution in [0.2, 0.25) is 0 Å². The molecule has 110 valence electrons. The van der Waals surface area contributed by atoms with E-state index in [4.69, 9.17) is 4.42 Å². The second-order valence-electron chi connectivity index (χ2n) is 5.11. The van der Waals surface area contributed by atoms with Crippen LogP contribution in [0.4, 0.5) is 5.69 Å². The van der Waals surface area contributed by atoms with E-state index in [1.54, 1.807) is 12.1 Å². The summed E-state index contributed by atoms with van der Waals surface area (Å²) in [5, 5.41) is 3.59. The molecule has 0 saturated heterocycles. The first-order valence-electron chi connectivity index (χ1n) is 7.04. The number of carbonyl (C=O) groups excluding carboxylic acids is 1. The highest BCUT2D eigenvalue weighted by Gasteiger charge is 2.16. The number of hydrogen-bond donors (Lipinski definition) is 1. The van der Waals surface area contributed by atoms with Gasteiger partial charge in [-0.3, -0.25) is 4.79 Å². The topological polar surface area (TPSA) is 42.2 Å². The van der Waals surface area contributed by atoms with Crippen LogP contribution in [0.1, 0.15) is 36.2 Å². The van der Waals surface area contributed by atoms with E-state index in [-0.39, 0.29) is 5.91 Å². The van der Waals surface area contributed by atoms with Gasteiger partial charge in [0.25, 0.3) is 5.91 Å². The maximum Gasteiger partial charge on any atom is 0.291 e. The first-order chi connectivity index (χ1) is 10.2. The van der Waals surface area contributed by atoms with E-state index in [9.17, 15) is 4.79 Å². The lowest BCUT2D eigenvalue weighted by Crippen LogP contribution is -2.10. The van der Waals surface area contributed by atoms with Crippen molar-refractivity contribution < 1.29 is 9.21 Å². The van der Waals surface area contributed by atoms with Gasteiger partial charge in [-0.15, -0.1) is 11.8 Å². The Morgan fingerprint density at radius 3 is 2.48 bits per heavy atom. The van der Waals surface area contributed by atoms with Crippen molar-refractivity contribution in [2.75, 3.05) is 5.32 Å². The summed E-state index contributed by atoms with van der Waals surface area (Å²) in [4.78, 5) is 13.2. The minimum atomic E-state index is -0.239. The quantitative estimate of drug-likeness (QED) is 0.795. The van der Waals surface area contributed by atoms with Crippen LogP contribution in [0.5, 0.6) is 0 Å². The highest BCUT2D eigenvalue weighted by molar-refractivity contribution is 9.10. The summed E-state index contributed by atoms with van der Waals surface area (Å²) in [7, 11) is 0. The largest absolute Gasteiger partial charge is 0.444 e. The van der Waals surface area contributed by atoms with Gasteiger partial charge in [0.15, 0.2) is 10.4 Å². The Kier molecular flexibility index (Phi) is 4.70. The highest BCUT2D eigenvalue weighted by atomic mass is 79.9. The zero-order valence-corrected chi connectivity index (χ0v) is 13.9. The van der Waals surface area contributed by atoms with Gasteiger partial charge >= 0.3 is 0 Å². The van der Waals surface area contributed by atoms with Crippen LogP contribution in [0, 0.1) is 0 Å². The summed E-state index contributed by atoms with van der Waals surface area (Å²) in [6.45, 7) is 0. The third-order valence-corrected chi connectivity index (χ3v) is 5.29. The van der Waals surface area contributed by atoms with E-state index < -0.39 is 0 Å². The van der Waals surface area contributed by atoms with Crippen LogP contribution < -0.4 is 5.32 Å². The van der Waals surface area contributed by atoms with Gasteiger partial charge in [-0.2, -0.15) is 0 Å². The van der Waals surface area contributed by atoms with Crippen LogP contribution in [0.25, 0.3) is 0 Å². The molecule has 0 bridgehead atoms. The molecule has 1 aromatic carbocycles. The minimum absolute atomic E-state index is 0.239. The Hall–Kier alpha value is -1.20. The van der Waals surface area contributed by atoms with Crippen molar-refractivity contribution in [1.82, 2.24) is 0 Å². The Morgan fingerprint density at radius 1 is 1.14 bits per heavy atom. The average Bonchev–Trinajstić information content (AvgIpc) is 3.12. The molecule has 3 rings (SSSR count). The smallest absolute Gasteiger partial charge is 0.291 e. The van der Waals surface area contributed by atoms with Crippen LogP contribution in [-0.2, 0) is 0 Å². The van der Waals surface area contributed by atoms with E-state index in [1.165, 1.54) is 30.6 Å². The lowest BCUT2D eigenvalue weighted by molar-refractivity contribution is 0.0995. The van der Waals surface area contributed by atoms with Crippen LogP contribution in [0.3, 0.4) is 0 Å². The molecule has 3 nitrogen and oxygen atoms in total. The van der Waals surface area contributed by atoms with Crippen LogP contribution in [-0.4, -0.2) is 11.2 Å². The van der Waals surface area contributed by atoms with E-state index in [2.05, 4.69) is 33.4 Å². The number of benzene rings is 1. The fourth-order valence-electron chi connectivity index (χ4n) is 2.44. The average molecular weight is 366 g/mol. The molecule has 1 aliphatic carbocycles. The Balaban J connectivity index is 1.60. The predicted octanol–water partition coefficient (Wildman–Crippen LogP) is 5.33. The SMILES string of the molecule is O=C(Nc1ccc(SC2CCCC2)cc1)c1ccc(Br)o1. The van der Waals surface area contributed by atoms with E-state index in [0.29, 0.717) is 10.4 Å². The van der Waals surface area contributed by atoms with Gasteiger partial charge in [-0.1, -0.05) is 12.8 Å². The zero-order valence-electron chi connectivity index (χ0n) is 11.5. The van der Waals surface area contributed by atoms with Crippen LogP contribution >= 0.6 is 27.7 Å². The Bertz CT molecular complexity index is 617. The van der Waals surface area contributed by atoms with Gasteiger partial charge in [0.2, 0.25) is 0 Å². The lowest BCUT2D eigenvalue weighted by atomic mass is 10.3. The second-order valence-corrected chi connectivity index (χ2v) is 7.26. The molecule has 2 aromatic rings. The number of nitrogens with one attached hydrogen (secondary N) is 1. The summed E-state index contributed by atoms with van der Waals surface area (Å²) >= 11 is 5.13. The highest BCUT2D eigenvalue weighted by Crippen LogP contribution is 2.35.